The molecule has 0 aliphatic heterocycles. The van der Waals surface area contributed by atoms with Gasteiger partial charge >= 0.3 is 0 Å². The second-order valence-electron chi connectivity index (χ2n) is 8.57. The van der Waals surface area contributed by atoms with Gasteiger partial charge in [0.1, 0.15) is 5.75 Å². The lowest BCUT2D eigenvalue weighted by Gasteiger charge is -2.13. The molecule has 5 aromatic carbocycles. The third-order valence-corrected chi connectivity index (χ3v) is 6.66. The Hall–Kier alpha value is -4.63. The van der Waals surface area contributed by atoms with Gasteiger partial charge in [-0.15, -0.1) is 0 Å². The highest BCUT2D eigenvalue weighted by Gasteiger charge is 2.23. The average molecular weight is 437 g/mol. The number of fused-ring (bicyclic) bond motifs is 6. The van der Waals surface area contributed by atoms with Crippen molar-refractivity contribution >= 4 is 38.2 Å². The summed E-state index contributed by atoms with van der Waals surface area (Å²) in [5.74, 6) is 0.268. The second-order valence-corrected chi connectivity index (χ2v) is 8.57. The summed E-state index contributed by atoms with van der Waals surface area (Å²) in [5.41, 5.74) is 7.85. The van der Waals surface area contributed by atoms with Crippen molar-refractivity contribution in [2.75, 3.05) is 0 Å². The Labute approximate surface area is 196 Å². The number of benzene rings is 5. The van der Waals surface area contributed by atoms with E-state index in [4.69, 9.17) is 4.98 Å². The van der Waals surface area contributed by atoms with Gasteiger partial charge in [-0.3, -0.25) is 0 Å². The molecule has 34 heavy (non-hydrogen) atoms. The first kappa shape index (κ1) is 18.9. The molecule has 0 aliphatic rings. The zero-order chi connectivity index (χ0) is 22.6. The fourth-order valence-electron chi connectivity index (χ4n) is 5.21. The highest BCUT2D eigenvalue weighted by molar-refractivity contribution is 6.17. The number of aromatic nitrogens is 2. The minimum atomic E-state index is 0.268. The Morgan fingerprint density at radius 3 is 2.09 bits per heavy atom. The number of para-hydroxylation sites is 3. The molecular formula is C31H20N2O. The average Bonchev–Trinajstić information content (AvgIpc) is 3.24. The molecule has 7 rings (SSSR count). The number of hydrogen-bond donors (Lipinski definition) is 1. The highest BCUT2D eigenvalue weighted by Crippen LogP contribution is 2.46. The molecule has 3 nitrogen and oxygen atoms in total. The maximum Gasteiger partial charge on any atom is 0.124 e. The van der Waals surface area contributed by atoms with Crippen molar-refractivity contribution in [2.45, 2.75) is 0 Å². The Morgan fingerprint density at radius 1 is 0.559 bits per heavy atom. The van der Waals surface area contributed by atoms with E-state index >= 15 is 0 Å². The Bertz CT molecular complexity index is 1870. The lowest BCUT2D eigenvalue weighted by Crippen LogP contribution is -1.96. The minimum Gasteiger partial charge on any atom is -0.507 e. The van der Waals surface area contributed by atoms with Gasteiger partial charge in [0.2, 0.25) is 0 Å². The predicted molar refractivity (Wildman–Crippen MR) is 140 cm³/mol. The number of phenolic OH excluding ortho intramolecular Hbond substituents is 1. The van der Waals surface area contributed by atoms with Gasteiger partial charge in [0.25, 0.3) is 0 Å². The van der Waals surface area contributed by atoms with Crippen LogP contribution in [0, 0.1) is 0 Å². The molecule has 0 bridgehead atoms. The molecule has 0 spiro atoms. The number of phenols is 1. The van der Waals surface area contributed by atoms with Crippen molar-refractivity contribution < 1.29 is 5.11 Å². The quantitative estimate of drug-likeness (QED) is 0.300. The molecule has 2 aromatic heterocycles. The molecule has 3 heteroatoms. The third kappa shape index (κ3) is 2.61. The summed E-state index contributed by atoms with van der Waals surface area (Å²) < 4.78 is 2.30. The summed E-state index contributed by atoms with van der Waals surface area (Å²) in [7, 11) is 0. The van der Waals surface area contributed by atoms with Crippen LogP contribution in [0.15, 0.2) is 115 Å². The molecule has 0 fully saturated rings. The summed E-state index contributed by atoms with van der Waals surface area (Å²) >= 11 is 0. The van der Waals surface area contributed by atoms with Crippen molar-refractivity contribution in [1.82, 2.24) is 9.38 Å². The smallest absolute Gasteiger partial charge is 0.124 e. The molecule has 0 saturated heterocycles. The van der Waals surface area contributed by atoms with E-state index in [1.807, 2.05) is 42.5 Å². The van der Waals surface area contributed by atoms with Crippen LogP contribution in [0.5, 0.6) is 5.75 Å². The number of nitrogens with zero attached hydrogens (tertiary/aromatic N) is 2. The third-order valence-electron chi connectivity index (χ3n) is 6.66. The van der Waals surface area contributed by atoms with Gasteiger partial charge in [0.15, 0.2) is 0 Å². The van der Waals surface area contributed by atoms with E-state index in [1.54, 1.807) is 6.07 Å². The molecular weight excluding hydrogens is 416 g/mol. The van der Waals surface area contributed by atoms with Crippen LogP contribution in [-0.4, -0.2) is 14.5 Å². The van der Waals surface area contributed by atoms with Gasteiger partial charge in [-0.05, 0) is 35.0 Å². The first-order chi connectivity index (χ1) is 16.8. The van der Waals surface area contributed by atoms with E-state index in [0.29, 0.717) is 0 Å². The zero-order valence-corrected chi connectivity index (χ0v) is 18.3. The van der Waals surface area contributed by atoms with Crippen molar-refractivity contribution in [3.63, 3.8) is 0 Å². The standard InChI is InChI=1S/C31H20N2O/c34-27-19-18-20-10-4-5-13-22(20)28(27)29-23-14-6-8-16-25(23)33-26-17-9-7-15-24(26)32-30(31(29)33)21-11-2-1-3-12-21/h1-19,34H. The summed E-state index contributed by atoms with van der Waals surface area (Å²) in [6, 6.07) is 39.0. The molecule has 160 valence electrons. The van der Waals surface area contributed by atoms with Gasteiger partial charge in [-0.1, -0.05) is 91.0 Å². The van der Waals surface area contributed by atoms with Gasteiger partial charge in [0.05, 0.1) is 27.8 Å². The summed E-state index contributed by atoms with van der Waals surface area (Å²) in [6.07, 6.45) is 0. The van der Waals surface area contributed by atoms with Gasteiger partial charge in [0, 0.05) is 22.1 Å². The molecule has 0 atom stereocenters. The van der Waals surface area contributed by atoms with Crippen molar-refractivity contribution in [3.05, 3.63) is 115 Å². The van der Waals surface area contributed by atoms with Crippen molar-refractivity contribution in [1.29, 1.82) is 0 Å². The molecule has 0 aliphatic carbocycles. The molecule has 0 unspecified atom stereocenters. The van der Waals surface area contributed by atoms with Crippen molar-refractivity contribution in [3.8, 4) is 28.1 Å². The number of aromatic hydroxyl groups is 1. The molecule has 2 heterocycles. The minimum absolute atomic E-state index is 0.268. The molecule has 7 aromatic rings. The summed E-state index contributed by atoms with van der Waals surface area (Å²) in [5, 5.41) is 14.4. The maximum atomic E-state index is 11.2. The molecule has 0 radical (unpaired) electrons. The lowest BCUT2D eigenvalue weighted by molar-refractivity contribution is 0.478. The van der Waals surface area contributed by atoms with Gasteiger partial charge in [-0.25, -0.2) is 4.98 Å². The number of rotatable bonds is 2. The number of hydrogen-bond acceptors (Lipinski definition) is 2. The predicted octanol–water partition coefficient (Wildman–Crippen LogP) is 7.83. The van der Waals surface area contributed by atoms with Gasteiger partial charge in [-0.2, -0.15) is 0 Å². The maximum absolute atomic E-state index is 11.2. The normalized spacial score (nSPS) is 11.6. The Kier molecular flexibility index (Phi) is 4.00. The topological polar surface area (TPSA) is 37.5 Å². The summed E-state index contributed by atoms with van der Waals surface area (Å²) in [6.45, 7) is 0. The van der Waals surface area contributed by atoms with E-state index in [-0.39, 0.29) is 5.75 Å². The van der Waals surface area contributed by atoms with Crippen LogP contribution < -0.4 is 0 Å². The lowest BCUT2D eigenvalue weighted by atomic mass is 9.94. The first-order valence-corrected chi connectivity index (χ1v) is 11.4. The van der Waals surface area contributed by atoms with Crippen LogP contribution in [-0.2, 0) is 0 Å². The fourth-order valence-corrected chi connectivity index (χ4v) is 5.21. The first-order valence-electron chi connectivity index (χ1n) is 11.4. The van der Waals surface area contributed by atoms with E-state index in [1.165, 1.54) is 0 Å². The molecule has 0 amide bonds. The molecule has 0 saturated carbocycles. The van der Waals surface area contributed by atoms with Crippen LogP contribution in [0.2, 0.25) is 0 Å². The SMILES string of the molecule is Oc1ccc2ccccc2c1-c1c2ccccc2n2c1c(-c1ccccc1)nc1ccccc12. The van der Waals surface area contributed by atoms with Crippen LogP contribution in [0.3, 0.4) is 0 Å². The second kappa shape index (κ2) is 7.19. The fraction of sp³-hybridized carbons (Fsp3) is 0. The van der Waals surface area contributed by atoms with E-state index in [2.05, 4.69) is 71.1 Å². The van der Waals surface area contributed by atoms with Gasteiger partial charge < -0.3 is 9.51 Å². The van der Waals surface area contributed by atoms with Crippen LogP contribution >= 0.6 is 0 Å². The van der Waals surface area contributed by atoms with E-state index in [9.17, 15) is 5.11 Å². The Morgan fingerprint density at radius 2 is 1.24 bits per heavy atom. The Balaban J connectivity index is 1.80. The van der Waals surface area contributed by atoms with Crippen LogP contribution in [0.4, 0.5) is 0 Å². The van der Waals surface area contributed by atoms with E-state index < -0.39 is 0 Å². The van der Waals surface area contributed by atoms with Crippen LogP contribution in [0.1, 0.15) is 0 Å². The molecule has 1 N–H and O–H groups in total. The van der Waals surface area contributed by atoms with Crippen molar-refractivity contribution in [2.24, 2.45) is 0 Å². The monoisotopic (exact) mass is 436 g/mol. The summed E-state index contributed by atoms with van der Waals surface area (Å²) in [4.78, 5) is 5.16. The highest BCUT2D eigenvalue weighted by atomic mass is 16.3. The largest absolute Gasteiger partial charge is 0.507 e. The van der Waals surface area contributed by atoms with E-state index in [0.717, 1.165) is 60.6 Å². The zero-order valence-electron chi connectivity index (χ0n) is 18.3. The van der Waals surface area contributed by atoms with Crippen LogP contribution in [0.25, 0.3) is 60.6 Å².